The predicted octanol–water partition coefficient (Wildman–Crippen LogP) is 2.14. The second kappa shape index (κ2) is 2.83. The Balaban J connectivity index is 2.82. The van der Waals surface area contributed by atoms with Gasteiger partial charge in [0.1, 0.15) is 0 Å². The van der Waals surface area contributed by atoms with E-state index in [0.717, 1.165) is 11.1 Å². The van der Waals surface area contributed by atoms with Crippen molar-refractivity contribution < 1.29 is 14.4 Å². The molecule has 0 spiro atoms. The molecule has 72 valence electrons. The van der Waals surface area contributed by atoms with Crippen molar-refractivity contribution in [1.29, 1.82) is 0 Å². The van der Waals surface area contributed by atoms with Gasteiger partial charge in [0.2, 0.25) is 0 Å². The maximum absolute atomic E-state index is 10.8. The topological polar surface area (TPSA) is 63.3 Å². The zero-order valence-electron chi connectivity index (χ0n) is 7.87. The average Bonchev–Trinajstić information content (AvgIpc) is 2.49. The Morgan fingerprint density at radius 1 is 1.43 bits per heavy atom. The van der Waals surface area contributed by atoms with Gasteiger partial charge in [-0.05, 0) is 26.0 Å². The molecule has 14 heavy (non-hydrogen) atoms. The summed E-state index contributed by atoms with van der Waals surface area (Å²) in [4.78, 5) is 10.8. The van der Waals surface area contributed by atoms with Gasteiger partial charge in [-0.1, -0.05) is 5.16 Å². The van der Waals surface area contributed by atoms with Crippen molar-refractivity contribution >= 4 is 16.9 Å². The number of carboxylic acids is 1. The first kappa shape index (κ1) is 8.74. The zero-order chi connectivity index (χ0) is 10.3. The van der Waals surface area contributed by atoms with Gasteiger partial charge in [-0.25, -0.2) is 4.79 Å². The number of aromatic carboxylic acids is 1. The normalized spacial score (nSPS) is 10.7. The van der Waals surface area contributed by atoms with E-state index >= 15 is 0 Å². The molecule has 0 amide bonds. The molecule has 0 fully saturated rings. The summed E-state index contributed by atoms with van der Waals surface area (Å²) in [5.41, 5.74) is 2.21. The van der Waals surface area contributed by atoms with Gasteiger partial charge in [-0.3, -0.25) is 0 Å². The molecule has 1 heterocycles. The van der Waals surface area contributed by atoms with E-state index in [4.69, 9.17) is 9.63 Å². The van der Waals surface area contributed by atoms with E-state index in [-0.39, 0.29) is 5.56 Å². The summed E-state index contributed by atoms with van der Waals surface area (Å²) >= 11 is 0. The molecule has 0 radical (unpaired) electrons. The van der Waals surface area contributed by atoms with Crippen LogP contribution in [0.5, 0.6) is 0 Å². The SMILES string of the molecule is Cc1noc2c(C)c(C(=O)O)ccc12. The van der Waals surface area contributed by atoms with E-state index in [9.17, 15) is 4.79 Å². The maximum atomic E-state index is 10.8. The van der Waals surface area contributed by atoms with Gasteiger partial charge in [-0.15, -0.1) is 0 Å². The lowest BCUT2D eigenvalue weighted by molar-refractivity contribution is 0.0696. The third-order valence-corrected chi connectivity index (χ3v) is 2.30. The van der Waals surface area contributed by atoms with Crippen LogP contribution in [-0.2, 0) is 0 Å². The molecule has 0 aliphatic carbocycles. The highest BCUT2D eigenvalue weighted by Gasteiger charge is 2.14. The number of nitrogens with zero attached hydrogens (tertiary/aromatic N) is 1. The van der Waals surface area contributed by atoms with Crippen LogP contribution in [0.25, 0.3) is 11.0 Å². The molecule has 1 aromatic carbocycles. The highest BCUT2D eigenvalue weighted by molar-refractivity contribution is 5.96. The fourth-order valence-electron chi connectivity index (χ4n) is 1.49. The van der Waals surface area contributed by atoms with Crippen LogP contribution in [0, 0.1) is 13.8 Å². The van der Waals surface area contributed by atoms with Crippen molar-refractivity contribution in [3.63, 3.8) is 0 Å². The summed E-state index contributed by atoms with van der Waals surface area (Å²) in [7, 11) is 0. The molecule has 0 atom stereocenters. The molecule has 0 saturated carbocycles. The van der Waals surface area contributed by atoms with E-state index in [1.807, 2.05) is 6.92 Å². The van der Waals surface area contributed by atoms with E-state index in [1.54, 1.807) is 19.1 Å². The van der Waals surface area contributed by atoms with E-state index in [2.05, 4.69) is 5.16 Å². The van der Waals surface area contributed by atoms with E-state index < -0.39 is 5.97 Å². The average molecular weight is 191 g/mol. The third kappa shape index (κ3) is 1.08. The molecule has 2 rings (SSSR count). The molecular formula is C10H9NO3. The minimum atomic E-state index is -0.946. The van der Waals surface area contributed by atoms with Crippen molar-refractivity contribution in [3.8, 4) is 0 Å². The Morgan fingerprint density at radius 3 is 2.79 bits per heavy atom. The minimum Gasteiger partial charge on any atom is -0.478 e. The van der Waals surface area contributed by atoms with Crippen LogP contribution in [0.4, 0.5) is 0 Å². The molecule has 4 heteroatoms. The highest BCUT2D eigenvalue weighted by Crippen LogP contribution is 2.24. The highest BCUT2D eigenvalue weighted by atomic mass is 16.5. The first-order valence-corrected chi connectivity index (χ1v) is 4.20. The van der Waals surface area contributed by atoms with Gasteiger partial charge >= 0.3 is 5.97 Å². The van der Waals surface area contributed by atoms with Gasteiger partial charge in [0.25, 0.3) is 0 Å². The number of benzene rings is 1. The molecule has 0 aliphatic heterocycles. The molecule has 4 nitrogen and oxygen atoms in total. The molecule has 1 N–H and O–H groups in total. The smallest absolute Gasteiger partial charge is 0.336 e. The summed E-state index contributed by atoms with van der Waals surface area (Å²) < 4.78 is 5.06. The lowest BCUT2D eigenvalue weighted by atomic mass is 10.1. The van der Waals surface area contributed by atoms with Crippen molar-refractivity contribution in [2.75, 3.05) is 0 Å². The van der Waals surface area contributed by atoms with Crippen molar-refractivity contribution in [1.82, 2.24) is 5.16 Å². The Kier molecular flexibility index (Phi) is 1.77. The van der Waals surface area contributed by atoms with Crippen molar-refractivity contribution in [2.24, 2.45) is 0 Å². The lowest BCUT2D eigenvalue weighted by Crippen LogP contribution is -1.99. The number of hydrogen-bond acceptors (Lipinski definition) is 3. The second-order valence-corrected chi connectivity index (χ2v) is 3.19. The first-order valence-electron chi connectivity index (χ1n) is 4.20. The number of carbonyl (C=O) groups is 1. The molecule has 0 unspecified atom stereocenters. The van der Waals surface area contributed by atoms with Crippen molar-refractivity contribution in [3.05, 3.63) is 29.0 Å². The Bertz CT molecular complexity index is 513. The summed E-state index contributed by atoms with van der Waals surface area (Å²) in [5.74, 6) is -0.946. The molecule has 1 aromatic heterocycles. The van der Waals surface area contributed by atoms with Gasteiger partial charge in [-0.2, -0.15) is 0 Å². The van der Waals surface area contributed by atoms with Gasteiger partial charge in [0.15, 0.2) is 5.58 Å². The summed E-state index contributed by atoms with van der Waals surface area (Å²) in [6, 6.07) is 3.29. The summed E-state index contributed by atoms with van der Waals surface area (Å²) in [5, 5.41) is 13.5. The first-order chi connectivity index (χ1) is 6.61. The second-order valence-electron chi connectivity index (χ2n) is 3.19. The Morgan fingerprint density at radius 2 is 2.14 bits per heavy atom. The molecule has 0 aliphatic rings. The number of rotatable bonds is 1. The number of carboxylic acid groups (broad SMARTS) is 1. The third-order valence-electron chi connectivity index (χ3n) is 2.30. The number of aryl methyl sites for hydroxylation is 2. The molecular weight excluding hydrogens is 182 g/mol. The monoisotopic (exact) mass is 191 g/mol. The van der Waals surface area contributed by atoms with Crippen LogP contribution in [0.1, 0.15) is 21.6 Å². The van der Waals surface area contributed by atoms with Gasteiger partial charge in [0.05, 0.1) is 11.3 Å². The summed E-state index contributed by atoms with van der Waals surface area (Å²) in [6.45, 7) is 3.54. The quantitative estimate of drug-likeness (QED) is 0.750. The lowest BCUT2D eigenvalue weighted by Gasteiger charge is -1.99. The van der Waals surface area contributed by atoms with Crippen LogP contribution >= 0.6 is 0 Å². The molecule has 0 saturated heterocycles. The van der Waals surface area contributed by atoms with Gasteiger partial charge < -0.3 is 9.63 Å². The Hall–Kier alpha value is -1.84. The summed E-state index contributed by atoms with van der Waals surface area (Å²) in [6.07, 6.45) is 0. The molecule has 2 aromatic rings. The standard InChI is InChI=1S/C10H9NO3/c1-5-7(10(12)13)3-4-8-6(2)11-14-9(5)8/h3-4H,1-2H3,(H,12,13). The van der Waals surface area contributed by atoms with Crippen molar-refractivity contribution in [2.45, 2.75) is 13.8 Å². The fraction of sp³-hybridized carbons (Fsp3) is 0.200. The number of hydrogen-bond donors (Lipinski definition) is 1. The van der Waals surface area contributed by atoms with Crippen LogP contribution in [0.15, 0.2) is 16.7 Å². The largest absolute Gasteiger partial charge is 0.478 e. The maximum Gasteiger partial charge on any atom is 0.336 e. The van der Waals surface area contributed by atoms with Gasteiger partial charge in [0, 0.05) is 10.9 Å². The van der Waals surface area contributed by atoms with Crippen LogP contribution in [-0.4, -0.2) is 16.2 Å². The molecule has 0 bridgehead atoms. The van der Waals surface area contributed by atoms with Crippen LogP contribution in [0.3, 0.4) is 0 Å². The Labute approximate surface area is 80.1 Å². The fourth-order valence-corrected chi connectivity index (χ4v) is 1.49. The van der Waals surface area contributed by atoms with Crippen LogP contribution in [0.2, 0.25) is 0 Å². The number of fused-ring (bicyclic) bond motifs is 1. The minimum absolute atomic E-state index is 0.258. The van der Waals surface area contributed by atoms with Crippen LogP contribution < -0.4 is 0 Å². The zero-order valence-corrected chi connectivity index (χ0v) is 7.87. The predicted molar refractivity (Wildman–Crippen MR) is 50.4 cm³/mol. The number of aromatic nitrogens is 1. The van der Waals surface area contributed by atoms with E-state index in [0.29, 0.717) is 11.1 Å². The van der Waals surface area contributed by atoms with E-state index in [1.165, 1.54) is 0 Å².